The summed E-state index contributed by atoms with van der Waals surface area (Å²) < 4.78 is 0. The summed E-state index contributed by atoms with van der Waals surface area (Å²) in [7, 11) is 0. The van der Waals surface area contributed by atoms with Gasteiger partial charge in [0, 0.05) is 0 Å². The molecular weight excluding hydrogens is 230 g/mol. The highest BCUT2D eigenvalue weighted by atomic mass is 14.5. The summed E-state index contributed by atoms with van der Waals surface area (Å²) in [4.78, 5) is 0. The van der Waals surface area contributed by atoms with Crippen molar-refractivity contribution in [1.82, 2.24) is 0 Å². The molecule has 1 aliphatic rings. The minimum absolute atomic E-state index is 0.616. The molecule has 1 aliphatic carbocycles. The van der Waals surface area contributed by atoms with Crippen molar-refractivity contribution in [2.75, 3.05) is 6.54 Å². The van der Waals surface area contributed by atoms with Gasteiger partial charge in [-0.05, 0) is 54.7 Å². The zero-order valence-corrected chi connectivity index (χ0v) is 12.6. The Hall–Kier alpha value is -0.820. The van der Waals surface area contributed by atoms with E-state index in [1.54, 1.807) is 5.56 Å². The van der Waals surface area contributed by atoms with E-state index < -0.39 is 0 Å². The van der Waals surface area contributed by atoms with Crippen LogP contribution in [0.2, 0.25) is 0 Å². The van der Waals surface area contributed by atoms with Crippen LogP contribution in [0, 0.1) is 5.92 Å². The maximum atomic E-state index is 5.75. The number of benzene rings is 1. The van der Waals surface area contributed by atoms with E-state index in [0.717, 1.165) is 18.9 Å². The lowest BCUT2D eigenvalue weighted by atomic mass is 9.81. The smallest absolute Gasteiger partial charge is 0.00713 e. The molecule has 1 aromatic rings. The number of nitrogens with two attached hydrogens (primary N) is 1. The Labute approximate surface area is 118 Å². The van der Waals surface area contributed by atoms with Gasteiger partial charge in [-0.15, -0.1) is 0 Å². The van der Waals surface area contributed by atoms with E-state index in [2.05, 4.69) is 38.1 Å². The number of hydrogen-bond acceptors (Lipinski definition) is 1. The van der Waals surface area contributed by atoms with E-state index in [9.17, 15) is 0 Å². The summed E-state index contributed by atoms with van der Waals surface area (Å²) in [6, 6.07) is 9.45. The fraction of sp³-hybridized carbons (Fsp3) is 0.667. The van der Waals surface area contributed by atoms with Crippen LogP contribution in [0.3, 0.4) is 0 Å². The molecule has 2 rings (SSSR count). The van der Waals surface area contributed by atoms with Crippen molar-refractivity contribution < 1.29 is 0 Å². The Morgan fingerprint density at radius 3 is 2.21 bits per heavy atom. The average molecular weight is 259 g/mol. The summed E-state index contributed by atoms with van der Waals surface area (Å²) in [6.45, 7) is 5.39. The molecule has 1 saturated carbocycles. The first kappa shape index (κ1) is 14.6. The Balaban J connectivity index is 2.07. The molecular formula is C18H29N. The van der Waals surface area contributed by atoms with Crippen LogP contribution in [0.25, 0.3) is 0 Å². The number of rotatable bonds is 5. The topological polar surface area (TPSA) is 26.0 Å². The zero-order valence-electron chi connectivity index (χ0n) is 12.6. The minimum Gasteiger partial charge on any atom is -0.330 e. The second-order valence-electron chi connectivity index (χ2n) is 6.43. The van der Waals surface area contributed by atoms with E-state index in [0.29, 0.717) is 11.8 Å². The van der Waals surface area contributed by atoms with Gasteiger partial charge in [0.2, 0.25) is 0 Å². The molecule has 0 aromatic heterocycles. The van der Waals surface area contributed by atoms with Gasteiger partial charge in [-0.2, -0.15) is 0 Å². The third kappa shape index (κ3) is 3.82. The average Bonchev–Trinajstić information content (AvgIpc) is 2.46. The van der Waals surface area contributed by atoms with Gasteiger partial charge in [0.25, 0.3) is 0 Å². The summed E-state index contributed by atoms with van der Waals surface area (Å²) >= 11 is 0. The predicted octanol–water partition coefficient (Wildman–Crippen LogP) is 4.82. The predicted molar refractivity (Wildman–Crippen MR) is 83.5 cm³/mol. The molecule has 1 atom stereocenters. The van der Waals surface area contributed by atoms with Crippen LogP contribution in [0.4, 0.5) is 0 Å². The van der Waals surface area contributed by atoms with Gasteiger partial charge < -0.3 is 5.73 Å². The second-order valence-corrected chi connectivity index (χ2v) is 6.43. The van der Waals surface area contributed by atoms with Crippen molar-refractivity contribution in [3.8, 4) is 0 Å². The normalized spacial score (nSPS) is 18.7. The third-order valence-electron chi connectivity index (χ3n) is 4.72. The maximum Gasteiger partial charge on any atom is -0.00713 e. The molecule has 106 valence electrons. The lowest BCUT2D eigenvalue weighted by Gasteiger charge is -2.24. The largest absolute Gasteiger partial charge is 0.330 e. The molecule has 2 N–H and O–H groups in total. The van der Waals surface area contributed by atoms with Gasteiger partial charge in [0.15, 0.2) is 0 Å². The van der Waals surface area contributed by atoms with Crippen LogP contribution in [-0.4, -0.2) is 6.54 Å². The molecule has 0 spiro atoms. The Morgan fingerprint density at radius 2 is 1.68 bits per heavy atom. The van der Waals surface area contributed by atoms with Crippen LogP contribution in [0.1, 0.15) is 75.3 Å². The molecule has 1 fully saturated rings. The maximum absolute atomic E-state index is 5.75. The lowest BCUT2D eigenvalue weighted by Crippen LogP contribution is -2.13. The highest BCUT2D eigenvalue weighted by Crippen LogP contribution is 2.34. The molecule has 0 heterocycles. The van der Waals surface area contributed by atoms with E-state index in [4.69, 9.17) is 5.73 Å². The van der Waals surface area contributed by atoms with Crippen molar-refractivity contribution >= 4 is 0 Å². The van der Waals surface area contributed by atoms with E-state index in [1.165, 1.54) is 37.7 Å². The summed E-state index contributed by atoms with van der Waals surface area (Å²) in [5.74, 6) is 2.10. The molecule has 1 nitrogen and oxygen atoms in total. The van der Waals surface area contributed by atoms with Gasteiger partial charge in [-0.1, -0.05) is 57.4 Å². The highest BCUT2D eigenvalue weighted by molar-refractivity contribution is 5.28. The fourth-order valence-electron chi connectivity index (χ4n) is 3.52. The van der Waals surface area contributed by atoms with Gasteiger partial charge in [0.1, 0.15) is 0 Å². The van der Waals surface area contributed by atoms with Crippen LogP contribution in [0.15, 0.2) is 24.3 Å². The van der Waals surface area contributed by atoms with Crippen molar-refractivity contribution in [3.05, 3.63) is 35.4 Å². The van der Waals surface area contributed by atoms with Crippen LogP contribution >= 0.6 is 0 Å². The van der Waals surface area contributed by atoms with Crippen molar-refractivity contribution in [2.24, 2.45) is 11.7 Å². The molecule has 0 amide bonds. The van der Waals surface area contributed by atoms with Gasteiger partial charge in [0.05, 0.1) is 0 Å². The molecule has 1 heteroatoms. The minimum atomic E-state index is 0.616. The lowest BCUT2D eigenvalue weighted by molar-refractivity contribution is 0.443. The van der Waals surface area contributed by atoms with Gasteiger partial charge in [-0.3, -0.25) is 0 Å². The second kappa shape index (κ2) is 7.09. The first-order valence-corrected chi connectivity index (χ1v) is 8.02. The molecule has 0 saturated heterocycles. The molecule has 0 aliphatic heterocycles. The van der Waals surface area contributed by atoms with E-state index >= 15 is 0 Å². The summed E-state index contributed by atoms with van der Waals surface area (Å²) in [6.07, 6.45) is 8.12. The van der Waals surface area contributed by atoms with E-state index in [-0.39, 0.29) is 0 Å². The standard InChI is InChI=1S/C18H29N/c1-14(2)18(12-13-19)17-10-8-16(9-11-17)15-6-4-3-5-7-15/h8-11,14-15,18H,3-7,12-13,19H2,1-2H3. The summed E-state index contributed by atoms with van der Waals surface area (Å²) in [5, 5.41) is 0. The first-order chi connectivity index (χ1) is 9.22. The Kier molecular flexibility index (Phi) is 5.45. The molecule has 0 radical (unpaired) electrons. The fourth-order valence-corrected chi connectivity index (χ4v) is 3.52. The molecule has 0 bridgehead atoms. The SMILES string of the molecule is CC(C)C(CCN)c1ccc(C2CCCCC2)cc1. The van der Waals surface area contributed by atoms with Gasteiger partial charge in [-0.25, -0.2) is 0 Å². The molecule has 1 unspecified atom stereocenters. The van der Waals surface area contributed by atoms with Crippen molar-refractivity contribution in [2.45, 2.75) is 64.2 Å². The Bertz CT molecular complexity index is 360. The summed E-state index contributed by atoms with van der Waals surface area (Å²) in [5.41, 5.74) is 8.78. The molecule has 1 aromatic carbocycles. The van der Waals surface area contributed by atoms with E-state index in [1.807, 2.05) is 0 Å². The van der Waals surface area contributed by atoms with Crippen LogP contribution in [0.5, 0.6) is 0 Å². The first-order valence-electron chi connectivity index (χ1n) is 8.02. The van der Waals surface area contributed by atoms with Gasteiger partial charge >= 0.3 is 0 Å². The Morgan fingerprint density at radius 1 is 1.05 bits per heavy atom. The number of hydrogen-bond donors (Lipinski definition) is 1. The van der Waals surface area contributed by atoms with Crippen molar-refractivity contribution in [3.63, 3.8) is 0 Å². The monoisotopic (exact) mass is 259 g/mol. The zero-order chi connectivity index (χ0) is 13.7. The van der Waals surface area contributed by atoms with Crippen molar-refractivity contribution in [1.29, 1.82) is 0 Å². The third-order valence-corrected chi connectivity index (χ3v) is 4.72. The molecule has 19 heavy (non-hydrogen) atoms. The quantitative estimate of drug-likeness (QED) is 0.806. The van der Waals surface area contributed by atoms with Crippen LogP contribution < -0.4 is 5.73 Å². The highest BCUT2D eigenvalue weighted by Gasteiger charge is 2.18. The van der Waals surface area contributed by atoms with Crippen LogP contribution in [-0.2, 0) is 0 Å².